The summed E-state index contributed by atoms with van der Waals surface area (Å²) in [6.07, 6.45) is -2.85. The quantitative estimate of drug-likeness (QED) is 0.692. The lowest BCUT2D eigenvalue weighted by molar-refractivity contribution is -0.138. The van der Waals surface area contributed by atoms with E-state index in [0.717, 1.165) is 6.20 Å². The Hall–Kier alpha value is -1.59. The van der Waals surface area contributed by atoms with Crippen LogP contribution in [-0.2, 0) is 6.18 Å². The first kappa shape index (κ1) is 10.5. The Balaban J connectivity index is 3.37. The molecule has 0 bridgehead atoms. The van der Waals surface area contributed by atoms with E-state index in [4.69, 9.17) is 0 Å². The van der Waals surface area contributed by atoms with Gasteiger partial charge in [-0.3, -0.25) is 9.78 Å². The van der Waals surface area contributed by atoms with E-state index in [0.29, 0.717) is 6.20 Å². The minimum Gasteiger partial charge on any atom is -0.494 e. The van der Waals surface area contributed by atoms with Crippen LogP contribution in [0.25, 0.3) is 0 Å². The number of halogens is 3. The van der Waals surface area contributed by atoms with E-state index in [1.165, 1.54) is 7.11 Å². The molecule has 0 amide bonds. The molecule has 0 spiro atoms. The van der Waals surface area contributed by atoms with Gasteiger partial charge in [0.25, 0.3) is 0 Å². The lowest BCUT2D eigenvalue weighted by atomic mass is 10.1. The van der Waals surface area contributed by atoms with Crippen molar-refractivity contribution in [2.75, 3.05) is 7.11 Å². The molecule has 1 heterocycles. The van der Waals surface area contributed by atoms with Crippen molar-refractivity contribution >= 4 is 6.29 Å². The van der Waals surface area contributed by atoms with Gasteiger partial charge in [-0.1, -0.05) is 0 Å². The van der Waals surface area contributed by atoms with E-state index < -0.39 is 17.3 Å². The Labute approximate surface area is 77.5 Å². The Morgan fingerprint density at radius 3 is 2.50 bits per heavy atom. The van der Waals surface area contributed by atoms with Crippen molar-refractivity contribution in [1.82, 2.24) is 4.98 Å². The summed E-state index contributed by atoms with van der Waals surface area (Å²) in [4.78, 5) is 13.8. The number of alkyl halides is 3. The van der Waals surface area contributed by atoms with Crippen molar-refractivity contribution in [3.8, 4) is 5.75 Å². The van der Waals surface area contributed by atoms with E-state index in [-0.39, 0.29) is 12.0 Å². The van der Waals surface area contributed by atoms with Crippen LogP contribution in [0.2, 0.25) is 0 Å². The van der Waals surface area contributed by atoms with Gasteiger partial charge in [0.15, 0.2) is 6.29 Å². The zero-order valence-electron chi connectivity index (χ0n) is 7.13. The highest BCUT2D eigenvalue weighted by Crippen LogP contribution is 2.33. The maximum absolute atomic E-state index is 12.3. The minimum absolute atomic E-state index is 0.101. The van der Waals surface area contributed by atoms with Crippen molar-refractivity contribution in [1.29, 1.82) is 0 Å². The van der Waals surface area contributed by atoms with E-state index in [9.17, 15) is 18.0 Å². The average Bonchev–Trinajstić information content (AvgIpc) is 2.15. The van der Waals surface area contributed by atoms with Crippen LogP contribution in [0.5, 0.6) is 5.75 Å². The van der Waals surface area contributed by atoms with Gasteiger partial charge in [-0.25, -0.2) is 0 Å². The molecule has 14 heavy (non-hydrogen) atoms. The Morgan fingerprint density at radius 2 is 2.07 bits per heavy atom. The molecule has 1 aromatic heterocycles. The second kappa shape index (κ2) is 3.65. The molecule has 0 N–H and O–H groups in total. The third-order valence-corrected chi connectivity index (χ3v) is 1.59. The molecule has 0 aliphatic heterocycles. The summed E-state index contributed by atoms with van der Waals surface area (Å²) < 4.78 is 41.5. The van der Waals surface area contributed by atoms with Gasteiger partial charge in [0.05, 0.1) is 24.4 Å². The lowest BCUT2D eigenvalue weighted by Crippen LogP contribution is -2.10. The number of carbonyl (C=O) groups is 1. The summed E-state index contributed by atoms with van der Waals surface area (Å²) >= 11 is 0. The second-order valence-electron chi connectivity index (χ2n) is 2.42. The van der Waals surface area contributed by atoms with E-state index in [2.05, 4.69) is 9.72 Å². The molecule has 0 saturated carbocycles. The summed E-state index contributed by atoms with van der Waals surface area (Å²) in [6.45, 7) is 0. The normalized spacial score (nSPS) is 11.1. The molecule has 0 atom stereocenters. The molecule has 0 aliphatic rings. The minimum atomic E-state index is -4.60. The van der Waals surface area contributed by atoms with Crippen LogP contribution >= 0.6 is 0 Å². The summed E-state index contributed by atoms with van der Waals surface area (Å²) in [5.41, 5.74) is -1.62. The molecule has 0 aromatic carbocycles. The molecule has 6 heteroatoms. The van der Waals surface area contributed by atoms with Gasteiger partial charge in [-0.15, -0.1) is 0 Å². The van der Waals surface area contributed by atoms with Gasteiger partial charge in [-0.2, -0.15) is 13.2 Å². The number of ether oxygens (including phenoxy) is 1. The van der Waals surface area contributed by atoms with Crippen molar-refractivity contribution in [2.24, 2.45) is 0 Å². The van der Waals surface area contributed by atoms with Crippen LogP contribution in [0.3, 0.4) is 0 Å². The molecular weight excluding hydrogens is 199 g/mol. The fraction of sp³-hybridized carbons (Fsp3) is 0.250. The molecule has 0 unspecified atom stereocenters. The van der Waals surface area contributed by atoms with Crippen LogP contribution in [0.15, 0.2) is 12.4 Å². The molecule has 0 aliphatic carbocycles. The number of hydrogen-bond acceptors (Lipinski definition) is 3. The standard InChI is InChI=1S/C8H6F3NO2/c1-14-7-3-12-2-6(5(7)4-13)8(9,10)11/h2-4H,1H3. The van der Waals surface area contributed by atoms with E-state index >= 15 is 0 Å². The fourth-order valence-corrected chi connectivity index (χ4v) is 0.961. The maximum Gasteiger partial charge on any atom is 0.418 e. The first-order valence-corrected chi connectivity index (χ1v) is 3.55. The SMILES string of the molecule is COc1cncc(C(F)(F)F)c1C=O. The number of methoxy groups -OCH3 is 1. The average molecular weight is 205 g/mol. The van der Waals surface area contributed by atoms with Gasteiger partial charge in [0, 0.05) is 6.20 Å². The predicted molar refractivity (Wildman–Crippen MR) is 41.2 cm³/mol. The van der Waals surface area contributed by atoms with Crippen LogP contribution < -0.4 is 4.74 Å². The molecular formula is C8H6F3NO2. The van der Waals surface area contributed by atoms with Gasteiger partial charge >= 0.3 is 6.18 Å². The Morgan fingerprint density at radius 1 is 1.43 bits per heavy atom. The maximum atomic E-state index is 12.3. The van der Waals surface area contributed by atoms with E-state index in [1.807, 2.05) is 0 Å². The molecule has 0 saturated heterocycles. The molecule has 76 valence electrons. The fourth-order valence-electron chi connectivity index (χ4n) is 0.961. The number of aromatic nitrogens is 1. The topological polar surface area (TPSA) is 39.2 Å². The number of nitrogens with zero attached hydrogens (tertiary/aromatic N) is 1. The smallest absolute Gasteiger partial charge is 0.418 e. The number of hydrogen-bond donors (Lipinski definition) is 0. The van der Waals surface area contributed by atoms with Crippen molar-refractivity contribution in [3.05, 3.63) is 23.5 Å². The van der Waals surface area contributed by atoms with Crippen LogP contribution in [0.4, 0.5) is 13.2 Å². The van der Waals surface area contributed by atoms with Gasteiger partial charge < -0.3 is 4.74 Å². The Bertz CT molecular complexity index is 349. The van der Waals surface area contributed by atoms with Gasteiger partial charge in [0.1, 0.15) is 5.75 Å². The van der Waals surface area contributed by atoms with Gasteiger partial charge in [0.2, 0.25) is 0 Å². The number of carbonyl (C=O) groups excluding carboxylic acids is 1. The molecule has 0 fully saturated rings. The summed E-state index contributed by atoms with van der Waals surface area (Å²) in [6, 6.07) is 0. The first-order valence-electron chi connectivity index (χ1n) is 3.55. The van der Waals surface area contributed by atoms with Crippen LogP contribution in [0, 0.1) is 0 Å². The molecule has 0 radical (unpaired) electrons. The summed E-state index contributed by atoms with van der Waals surface area (Å²) in [5.74, 6) is -0.185. The molecule has 3 nitrogen and oxygen atoms in total. The first-order chi connectivity index (χ1) is 6.50. The molecule has 1 rings (SSSR count). The van der Waals surface area contributed by atoms with E-state index in [1.54, 1.807) is 0 Å². The largest absolute Gasteiger partial charge is 0.494 e. The van der Waals surface area contributed by atoms with Crippen molar-refractivity contribution in [3.63, 3.8) is 0 Å². The predicted octanol–water partition coefficient (Wildman–Crippen LogP) is 1.92. The summed E-state index contributed by atoms with van der Waals surface area (Å²) in [7, 11) is 1.17. The number of aldehydes is 1. The zero-order chi connectivity index (χ0) is 10.8. The van der Waals surface area contributed by atoms with Crippen molar-refractivity contribution < 1.29 is 22.7 Å². The van der Waals surface area contributed by atoms with Gasteiger partial charge in [-0.05, 0) is 0 Å². The monoisotopic (exact) mass is 205 g/mol. The summed E-state index contributed by atoms with van der Waals surface area (Å²) in [5, 5.41) is 0. The highest BCUT2D eigenvalue weighted by Gasteiger charge is 2.35. The second-order valence-corrected chi connectivity index (χ2v) is 2.42. The number of rotatable bonds is 2. The third kappa shape index (κ3) is 1.84. The highest BCUT2D eigenvalue weighted by molar-refractivity contribution is 5.81. The number of pyridine rings is 1. The lowest BCUT2D eigenvalue weighted by Gasteiger charge is -2.10. The van der Waals surface area contributed by atoms with Crippen LogP contribution in [-0.4, -0.2) is 18.4 Å². The Kier molecular flexibility index (Phi) is 2.73. The van der Waals surface area contributed by atoms with Crippen LogP contribution in [0.1, 0.15) is 15.9 Å². The van der Waals surface area contributed by atoms with Crippen molar-refractivity contribution in [2.45, 2.75) is 6.18 Å². The highest BCUT2D eigenvalue weighted by atomic mass is 19.4. The third-order valence-electron chi connectivity index (χ3n) is 1.59. The molecule has 1 aromatic rings. The zero-order valence-corrected chi connectivity index (χ0v) is 7.13.